The molecular weight excluding hydrogens is 200 g/mol. The van der Waals surface area contributed by atoms with Crippen LogP contribution in [0.5, 0.6) is 0 Å². The second kappa shape index (κ2) is 6.89. The van der Waals surface area contributed by atoms with Gasteiger partial charge in [-0.15, -0.1) is 0 Å². The lowest BCUT2D eigenvalue weighted by Crippen LogP contribution is -2.39. The molecule has 1 aliphatic carbocycles. The molecule has 0 saturated heterocycles. The van der Waals surface area contributed by atoms with E-state index in [1.807, 2.05) is 0 Å². The Kier molecular flexibility index (Phi) is 5.81. The molecule has 94 valence electrons. The zero-order valence-electron chi connectivity index (χ0n) is 10.9. The molecule has 0 aliphatic heterocycles. The number of hydrogen-bond donors (Lipinski definition) is 2. The van der Waals surface area contributed by atoms with Crippen LogP contribution in [0.2, 0.25) is 0 Å². The topological polar surface area (TPSA) is 41.1 Å². The Morgan fingerprint density at radius 2 is 2.12 bits per heavy atom. The van der Waals surface area contributed by atoms with Crippen molar-refractivity contribution in [3.8, 4) is 0 Å². The summed E-state index contributed by atoms with van der Waals surface area (Å²) in [5.74, 6) is 0.967. The minimum absolute atomic E-state index is 0.142. The largest absolute Gasteiger partial charge is 0.353 e. The zero-order valence-corrected chi connectivity index (χ0v) is 10.9. The van der Waals surface area contributed by atoms with Gasteiger partial charge in [0.2, 0.25) is 5.91 Å². The van der Waals surface area contributed by atoms with E-state index in [4.69, 9.17) is 0 Å². The molecule has 0 spiro atoms. The van der Waals surface area contributed by atoms with Crippen molar-refractivity contribution in [3.63, 3.8) is 0 Å². The van der Waals surface area contributed by atoms with Crippen LogP contribution in [0.25, 0.3) is 0 Å². The smallest absolute Gasteiger partial charge is 0.234 e. The van der Waals surface area contributed by atoms with Crippen molar-refractivity contribution in [1.82, 2.24) is 10.6 Å². The summed E-state index contributed by atoms with van der Waals surface area (Å²) < 4.78 is 0. The minimum Gasteiger partial charge on any atom is -0.353 e. The van der Waals surface area contributed by atoms with Crippen molar-refractivity contribution < 1.29 is 4.79 Å². The summed E-state index contributed by atoms with van der Waals surface area (Å²) in [5, 5.41) is 6.34. The fourth-order valence-corrected chi connectivity index (χ4v) is 2.24. The summed E-state index contributed by atoms with van der Waals surface area (Å²) >= 11 is 0. The monoisotopic (exact) mass is 226 g/mol. The number of amides is 1. The van der Waals surface area contributed by atoms with Crippen LogP contribution in [0.1, 0.15) is 52.9 Å². The molecule has 0 aromatic heterocycles. The second-order valence-electron chi connectivity index (χ2n) is 5.03. The lowest BCUT2D eigenvalue weighted by atomic mass is 10.2. The van der Waals surface area contributed by atoms with Gasteiger partial charge in [-0.1, -0.05) is 26.7 Å². The van der Waals surface area contributed by atoms with Gasteiger partial charge in [0.25, 0.3) is 0 Å². The van der Waals surface area contributed by atoms with E-state index in [2.05, 4.69) is 31.4 Å². The SMILES string of the molecule is CCCC(C)NC(=O)CNC1CC1CCC. The van der Waals surface area contributed by atoms with Crippen molar-refractivity contribution in [3.05, 3.63) is 0 Å². The third-order valence-corrected chi connectivity index (χ3v) is 3.24. The molecule has 1 fully saturated rings. The van der Waals surface area contributed by atoms with Crippen LogP contribution in [-0.2, 0) is 4.79 Å². The summed E-state index contributed by atoms with van der Waals surface area (Å²) in [5.41, 5.74) is 0. The lowest BCUT2D eigenvalue weighted by molar-refractivity contribution is -0.120. The van der Waals surface area contributed by atoms with Crippen LogP contribution in [-0.4, -0.2) is 24.5 Å². The predicted molar refractivity (Wildman–Crippen MR) is 67.3 cm³/mol. The Balaban J connectivity index is 2.03. The molecule has 3 heteroatoms. The van der Waals surface area contributed by atoms with Crippen molar-refractivity contribution in [2.75, 3.05) is 6.54 Å². The molecule has 0 heterocycles. The highest BCUT2D eigenvalue weighted by molar-refractivity contribution is 5.78. The molecule has 16 heavy (non-hydrogen) atoms. The van der Waals surface area contributed by atoms with Gasteiger partial charge >= 0.3 is 0 Å². The van der Waals surface area contributed by atoms with Gasteiger partial charge in [-0.2, -0.15) is 0 Å². The highest BCUT2D eigenvalue weighted by atomic mass is 16.1. The van der Waals surface area contributed by atoms with Crippen molar-refractivity contribution in [1.29, 1.82) is 0 Å². The molecule has 3 atom stereocenters. The van der Waals surface area contributed by atoms with Crippen molar-refractivity contribution in [2.45, 2.75) is 65.0 Å². The quantitative estimate of drug-likeness (QED) is 0.665. The van der Waals surface area contributed by atoms with Crippen LogP contribution in [0, 0.1) is 5.92 Å². The van der Waals surface area contributed by atoms with Crippen LogP contribution >= 0.6 is 0 Å². The molecule has 1 rings (SSSR count). The van der Waals surface area contributed by atoms with E-state index in [1.165, 1.54) is 19.3 Å². The van der Waals surface area contributed by atoms with Gasteiger partial charge in [0, 0.05) is 12.1 Å². The predicted octanol–water partition coefficient (Wildman–Crippen LogP) is 2.07. The Morgan fingerprint density at radius 1 is 1.38 bits per heavy atom. The molecule has 0 radical (unpaired) electrons. The first-order valence-corrected chi connectivity index (χ1v) is 6.70. The molecule has 0 aromatic carbocycles. The number of nitrogens with one attached hydrogen (secondary N) is 2. The number of carbonyl (C=O) groups excluding carboxylic acids is 1. The molecule has 1 amide bonds. The summed E-state index contributed by atoms with van der Waals surface area (Å²) in [6, 6.07) is 0.914. The third-order valence-electron chi connectivity index (χ3n) is 3.24. The maximum absolute atomic E-state index is 11.6. The normalized spacial score (nSPS) is 25.2. The Hall–Kier alpha value is -0.570. The fourth-order valence-electron chi connectivity index (χ4n) is 2.24. The summed E-state index contributed by atoms with van der Waals surface area (Å²) in [7, 11) is 0. The molecule has 0 bridgehead atoms. The number of carbonyl (C=O) groups is 1. The van der Waals surface area contributed by atoms with Gasteiger partial charge < -0.3 is 10.6 Å². The van der Waals surface area contributed by atoms with Gasteiger partial charge in [-0.25, -0.2) is 0 Å². The van der Waals surface area contributed by atoms with E-state index in [0.717, 1.165) is 18.8 Å². The molecule has 1 saturated carbocycles. The zero-order chi connectivity index (χ0) is 12.0. The van der Waals surface area contributed by atoms with Crippen LogP contribution in [0.3, 0.4) is 0 Å². The molecule has 2 N–H and O–H groups in total. The van der Waals surface area contributed by atoms with Gasteiger partial charge in [-0.05, 0) is 32.1 Å². The van der Waals surface area contributed by atoms with Gasteiger partial charge in [0.15, 0.2) is 0 Å². The standard InChI is InChI=1S/C13H26N2O/c1-4-6-10(3)15-13(16)9-14-12-8-11(12)7-5-2/h10-12,14H,4-9H2,1-3H3,(H,15,16). The third kappa shape index (κ3) is 4.97. The molecule has 1 aliphatic rings. The highest BCUT2D eigenvalue weighted by Gasteiger charge is 2.35. The summed E-state index contributed by atoms with van der Waals surface area (Å²) in [4.78, 5) is 11.6. The average molecular weight is 226 g/mol. The molecule has 3 nitrogen and oxygen atoms in total. The van der Waals surface area contributed by atoms with E-state index in [-0.39, 0.29) is 5.91 Å². The lowest BCUT2D eigenvalue weighted by Gasteiger charge is -2.13. The Morgan fingerprint density at radius 3 is 2.75 bits per heavy atom. The van der Waals surface area contributed by atoms with Crippen LogP contribution < -0.4 is 10.6 Å². The van der Waals surface area contributed by atoms with Gasteiger partial charge in [0.05, 0.1) is 6.54 Å². The number of rotatable bonds is 8. The van der Waals surface area contributed by atoms with Gasteiger partial charge in [-0.3, -0.25) is 4.79 Å². The van der Waals surface area contributed by atoms with Crippen LogP contribution in [0.15, 0.2) is 0 Å². The Labute approximate surface area is 99.4 Å². The average Bonchev–Trinajstić information content (AvgIpc) is 2.94. The first-order chi connectivity index (χ1) is 7.67. The second-order valence-corrected chi connectivity index (χ2v) is 5.03. The van der Waals surface area contributed by atoms with E-state index in [9.17, 15) is 4.79 Å². The van der Waals surface area contributed by atoms with E-state index in [0.29, 0.717) is 18.6 Å². The summed E-state index contributed by atoms with van der Waals surface area (Å²) in [6.07, 6.45) is 5.99. The first kappa shape index (κ1) is 13.5. The highest BCUT2D eigenvalue weighted by Crippen LogP contribution is 2.34. The fraction of sp³-hybridized carbons (Fsp3) is 0.923. The molecular formula is C13H26N2O. The van der Waals surface area contributed by atoms with Crippen LogP contribution in [0.4, 0.5) is 0 Å². The van der Waals surface area contributed by atoms with E-state index in [1.54, 1.807) is 0 Å². The summed E-state index contributed by atoms with van der Waals surface area (Å²) in [6.45, 7) is 6.91. The first-order valence-electron chi connectivity index (χ1n) is 6.70. The van der Waals surface area contributed by atoms with E-state index >= 15 is 0 Å². The maximum atomic E-state index is 11.6. The minimum atomic E-state index is 0.142. The van der Waals surface area contributed by atoms with Crippen molar-refractivity contribution >= 4 is 5.91 Å². The molecule has 0 aromatic rings. The number of hydrogen-bond acceptors (Lipinski definition) is 2. The van der Waals surface area contributed by atoms with E-state index < -0.39 is 0 Å². The van der Waals surface area contributed by atoms with Crippen molar-refractivity contribution in [2.24, 2.45) is 5.92 Å². The Bertz CT molecular complexity index is 218. The maximum Gasteiger partial charge on any atom is 0.234 e. The molecule has 3 unspecified atom stereocenters. The van der Waals surface area contributed by atoms with Gasteiger partial charge in [0.1, 0.15) is 0 Å².